The number of carbonyl (C=O) groups is 2. The van der Waals surface area contributed by atoms with Gasteiger partial charge in [-0.2, -0.15) is 0 Å². The molecule has 0 radical (unpaired) electrons. The Morgan fingerprint density at radius 1 is 1.15 bits per heavy atom. The zero-order valence-corrected chi connectivity index (χ0v) is 15.0. The molecule has 1 aliphatic heterocycles. The van der Waals surface area contributed by atoms with Gasteiger partial charge < -0.3 is 14.5 Å². The molecule has 0 saturated carbocycles. The molecule has 0 aromatic heterocycles. The third-order valence-corrected chi connectivity index (χ3v) is 4.72. The summed E-state index contributed by atoms with van der Waals surface area (Å²) < 4.78 is 18.9. The van der Waals surface area contributed by atoms with Gasteiger partial charge in [0.2, 0.25) is 5.91 Å². The predicted octanol–water partition coefficient (Wildman–Crippen LogP) is 3.02. The lowest BCUT2D eigenvalue weighted by Gasteiger charge is -2.39. The zero-order chi connectivity index (χ0) is 18.8. The molecule has 0 unspecified atom stereocenters. The van der Waals surface area contributed by atoms with Crippen molar-refractivity contribution in [3.05, 3.63) is 59.4 Å². The molecule has 5 nitrogen and oxygen atoms in total. The fourth-order valence-electron chi connectivity index (χ4n) is 3.05. The zero-order valence-electron chi connectivity index (χ0n) is 15.0. The smallest absolute Gasteiger partial charge is 0.254 e. The van der Waals surface area contributed by atoms with Crippen molar-refractivity contribution in [3.8, 4) is 5.75 Å². The molecule has 2 amide bonds. The maximum Gasteiger partial charge on any atom is 0.254 e. The van der Waals surface area contributed by atoms with Gasteiger partial charge in [-0.1, -0.05) is 6.07 Å². The first-order valence-electron chi connectivity index (χ1n) is 8.45. The Morgan fingerprint density at radius 2 is 1.85 bits per heavy atom. The minimum Gasteiger partial charge on any atom is -0.497 e. The van der Waals surface area contributed by atoms with Gasteiger partial charge in [-0.15, -0.1) is 0 Å². The van der Waals surface area contributed by atoms with Crippen LogP contribution in [0.25, 0.3) is 0 Å². The van der Waals surface area contributed by atoms with Crippen LogP contribution in [0.2, 0.25) is 0 Å². The molecular weight excluding hydrogens is 335 g/mol. The number of amides is 2. The molecule has 2 aromatic carbocycles. The van der Waals surface area contributed by atoms with Crippen LogP contribution >= 0.6 is 0 Å². The summed E-state index contributed by atoms with van der Waals surface area (Å²) in [6, 6.07) is 10.9. The van der Waals surface area contributed by atoms with Crippen molar-refractivity contribution in [1.82, 2.24) is 4.90 Å². The average molecular weight is 356 g/mol. The van der Waals surface area contributed by atoms with Gasteiger partial charge in [0.1, 0.15) is 17.6 Å². The van der Waals surface area contributed by atoms with Crippen molar-refractivity contribution in [2.45, 2.75) is 19.9 Å². The Hall–Kier alpha value is -2.89. The number of rotatable bonds is 3. The predicted molar refractivity (Wildman–Crippen MR) is 97.0 cm³/mol. The number of benzene rings is 2. The van der Waals surface area contributed by atoms with Gasteiger partial charge in [0.15, 0.2) is 0 Å². The number of ether oxygens (including phenoxy) is 1. The van der Waals surface area contributed by atoms with E-state index < -0.39 is 6.04 Å². The molecule has 1 fully saturated rings. The number of carbonyl (C=O) groups excluding carboxylic acids is 2. The average Bonchev–Trinajstić information content (AvgIpc) is 2.66. The highest BCUT2D eigenvalue weighted by Gasteiger charge is 2.35. The van der Waals surface area contributed by atoms with Crippen LogP contribution in [-0.2, 0) is 4.79 Å². The van der Waals surface area contributed by atoms with Crippen LogP contribution in [0.3, 0.4) is 0 Å². The van der Waals surface area contributed by atoms with Gasteiger partial charge in [-0.3, -0.25) is 9.59 Å². The first-order chi connectivity index (χ1) is 12.4. The topological polar surface area (TPSA) is 49.9 Å². The van der Waals surface area contributed by atoms with E-state index in [9.17, 15) is 14.0 Å². The molecule has 136 valence electrons. The summed E-state index contributed by atoms with van der Waals surface area (Å²) in [7, 11) is 1.56. The summed E-state index contributed by atoms with van der Waals surface area (Å²) in [6.45, 7) is 4.08. The minimum absolute atomic E-state index is 0.205. The highest BCUT2D eigenvalue weighted by Crippen LogP contribution is 2.24. The van der Waals surface area contributed by atoms with E-state index in [0.29, 0.717) is 35.7 Å². The van der Waals surface area contributed by atoms with Crippen molar-refractivity contribution in [2.24, 2.45) is 0 Å². The summed E-state index contributed by atoms with van der Waals surface area (Å²) in [4.78, 5) is 28.6. The highest BCUT2D eigenvalue weighted by molar-refractivity contribution is 6.03. The van der Waals surface area contributed by atoms with Gasteiger partial charge in [-0.05, 0) is 55.8 Å². The van der Waals surface area contributed by atoms with E-state index in [1.807, 2.05) is 0 Å². The van der Waals surface area contributed by atoms with Crippen molar-refractivity contribution in [3.63, 3.8) is 0 Å². The van der Waals surface area contributed by atoms with Crippen molar-refractivity contribution >= 4 is 17.5 Å². The highest BCUT2D eigenvalue weighted by atomic mass is 19.1. The lowest BCUT2D eigenvalue weighted by molar-refractivity contribution is -0.124. The second kappa shape index (κ2) is 7.15. The molecule has 0 aliphatic carbocycles. The lowest BCUT2D eigenvalue weighted by atomic mass is 10.1. The van der Waals surface area contributed by atoms with Crippen molar-refractivity contribution in [2.75, 3.05) is 25.1 Å². The molecule has 1 aliphatic rings. The normalized spacial score (nSPS) is 17.4. The number of hydrogen-bond acceptors (Lipinski definition) is 3. The molecule has 26 heavy (non-hydrogen) atoms. The summed E-state index contributed by atoms with van der Waals surface area (Å²) in [5.41, 5.74) is 1.55. The lowest BCUT2D eigenvalue weighted by Crippen LogP contribution is -2.57. The number of methoxy groups -OCH3 is 1. The molecule has 0 spiro atoms. The van der Waals surface area contributed by atoms with Gasteiger partial charge in [0.05, 0.1) is 7.11 Å². The van der Waals surface area contributed by atoms with E-state index in [2.05, 4.69) is 0 Å². The van der Waals surface area contributed by atoms with E-state index in [1.165, 1.54) is 11.0 Å². The molecule has 1 saturated heterocycles. The van der Waals surface area contributed by atoms with E-state index in [-0.39, 0.29) is 17.6 Å². The number of nitrogens with zero attached hydrogens (tertiary/aromatic N) is 2. The van der Waals surface area contributed by atoms with Crippen molar-refractivity contribution < 1.29 is 18.7 Å². The van der Waals surface area contributed by atoms with Gasteiger partial charge in [-0.25, -0.2) is 4.39 Å². The summed E-state index contributed by atoms with van der Waals surface area (Å²) in [6.07, 6.45) is 0. The molecule has 0 N–H and O–H groups in total. The molecule has 2 aromatic rings. The van der Waals surface area contributed by atoms with Crippen LogP contribution in [0.15, 0.2) is 42.5 Å². The number of aryl methyl sites for hydroxylation is 1. The number of piperazine rings is 1. The van der Waals surface area contributed by atoms with Gasteiger partial charge in [0, 0.05) is 24.3 Å². The summed E-state index contributed by atoms with van der Waals surface area (Å²) >= 11 is 0. The quantitative estimate of drug-likeness (QED) is 0.849. The van der Waals surface area contributed by atoms with E-state index in [0.717, 1.165) is 0 Å². The molecule has 1 atom stereocenters. The monoisotopic (exact) mass is 356 g/mol. The standard InChI is InChI=1S/C20H21FN2O3/c1-13-4-7-16(12-18(13)21)23-11-10-22(14(2)19(23)24)20(25)15-5-8-17(26-3)9-6-15/h4-9,12,14H,10-11H2,1-3H3/t14-/m0/s1. The van der Waals surface area contributed by atoms with E-state index in [1.54, 1.807) is 62.3 Å². The Morgan fingerprint density at radius 3 is 2.46 bits per heavy atom. The molecular formula is C20H21FN2O3. The van der Waals surface area contributed by atoms with Crippen LogP contribution in [0.1, 0.15) is 22.8 Å². The Kier molecular flexibility index (Phi) is 4.93. The van der Waals surface area contributed by atoms with Crippen LogP contribution < -0.4 is 9.64 Å². The number of hydrogen-bond donors (Lipinski definition) is 0. The third-order valence-electron chi connectivity index (χ3n) is 4.72. The first kappa shape index (κ1) is 17.9. The SMILES string of the molecule is COc1ccc(C(=O)N2CCN(c3ccc(C)c(F)c3)C(=O)[C@@H]2C)cc1. The van der Waals surface area contributed by atoms with Crippen molar-refractivity contribution in [1.29, 1.82) is 0 Å². The third kappa shape index (κ3) is 3.27. The Bertz CT molecular complexity index is 835. The second-order valence-corrected chi connectivity index (χ2v) is 6.33. The fraction of sp³-hybridized carbons (Fsp3) is 0.300. The van der Waals surface area contributed by atoms with Crippen LogP contribution in [0.5, 0.6) is 5.75 Å². The maximum absolute atomic E-state index is 13.8. The molecule has 0 bridgehead atoms. The summed E-state index contributed by atoms with van der Waals surface area (Å²) in [5, 5.41) is 0. The molecule has 1 heterocycles. The van der Waals surface area contributed by atoms with E-state index >= 15 is 0 Å². The fourth-order valence-corrected chi connectivity index (χ4v) is 3.05. The number of halogens is 1. The first-order valence-corrected chi connectivity index (χ1v) is 8.45. The Labute approximate surface area is 152 Å². The molecule has 3 rings (SSSR count). The summed E-state index contributed by atoms with van der Waals surface area (Å²) in [5.74, 6) is -0.110. The van der Waals surface area contributed by atoms with E-state index in [4.69, 9.17) is 4.74 Å². The second-order valence-electron chi connectivity index (χ2n) is 6.33. The minimum atomic E-state index is -0.622. The maximum atomic E-state index is 13.8. The van der Waals surface area contributed by atoms with Gasteiger partial charge in [0.25, 0.3) is 5.91 Å². The van der Waals surface area contributed by atoms with Crippen LogP contribution in [0.4, 0.5) is 10.1 Å². The number of anilines is 1. The molecule has 6 heteroatoms. The van der Waals surface area contributed by atoms with Gasteiger partial charge >= 0.3 is 0 Å². The van der Waals surface area contributed by atoms with Crippen LogP contribution in [-0.4, -0.2) is 43.0 Å². The Balaban J connectivity index is 1.78. The largest absolute Gasteiger partial charge is 0.497 e. The van der Waals surface area contributed by atoms with Crippen LogP contribution in [0, 0.1) is 12.7 Å².